The van der Waals surface area contributed by atoms with Gasteiger partial charge in [-0.3, -0.25) is 9.89 Å². The Morgan fingerprint density at radius 2 is 2.09 bits per heavy atom. The number of amides is 1. The highest BCUT2D eigenvalue weighted by atomic mass is 19.1. The van der Waals surface area contributed by atoms with Gasteiger partial charge in [0.15, 0.2) is 5.65 Å². The molecule has 22 heavy (non-hydrogen) atoms. The van der Waals surface area contributed by atoms with Crippen LogP contribution in [-0.4, -0.2) is 21.1 Å². The molecule has 1 aromatic carbocycles. The fraction of sp³-hybridized carbons (Fsp3) is 0.188. The predicted octanol–water partition coefficient (Wildman–Crippen LogP) is 2.98. The lowest BCUT2D eigenvalue weighted by Crippen LogP contribution is -2.12. The molecule has 0 aliphatic carbocycles. The molecule has 3 rings (SSSR count). The predicted molar refractivity (Wildman–Crippen MR) is 82.0 cm³/mol. The van der Waals surface area contributed by atoms with Gasteiger partial charge in [-0.1, -0.05) is 12.1 Å². The lowest BCUT2D eigenvalue weighted by molar-refractivity contribution is -0.116. The van der Waals surface area contributed by atoms with E-state index in [4.69, 9.17) is 0 Å². The van der Waals surface area contributed by atoms with E-state index in [0.717, 1.165) is 16.6 Å². The zero-order valence-corrected chi connectivity index (χ0v) is 12.1. The molecule has 112 valence electrons. The third-order valence-corrected chi connectivity index (χ3v) is 3.44. The second-order valence-corrected chi connectivity index (χ2v) is 5.12. The number of aromatic nitrogens is 3. The molecule has 0 aliphatic heterocycles. The first-order chi connectivity index (χ1) is 10.6. The summed E-state index contributed by atoms with van der Waals surface area (Å²) in [5.41, 5.74) is 3.10. The van der Waals surface area contributed by atoms with Crippen LogP contribution in [0.4, 0.5) is 10.1 Å². The van der Waals surface area contributed by atoms with Crippen molar-refractivity contribution in [3.63, 3.8) is 0 Å². The van der Waals surface area contributed by atoms with E-state index in [1.165, 1.54) is 12.1 Å². The first-order valence-electron chi connectivity index (χ1n) is 6.97. The van der Waals surface area contributed by atoms with Crippen LogP contribution in [0.2, 0.25) is 0 Å². The fourth-order valence-electron chi connectivity index (χ4n) is 2.22. The first-order valence-corrected chi connectivity index (χ1v) is 6.97. The molecule has 2 aromatic heterocycles. The van der Waals surface area contributed by atoms with Gasteiger partial charge in [-0.05, 0) is 37.1 Å². The van der Waals surface area contributed by atoms with Crippen molar-refractivity contribution >= 4 is 22.6 Å². The van der Waals surface area contributed by atoms with E-state index >= 15 is 0 Å². The van der Waals surface area contributed by atoms with Crippen LogP contribution in [-0.2, 0) is 11.2 Å². The average Bonchev–Trinajstić information content (AvgIpc) is 2.88. The van der Waals surface area contributed by atoms with Crippen molar-refractivity contribution in [2.75, 3.05) is 5.32 Å². The molecule has 6 heteroatoms. The van der Waals surface area contributed by atoms with Gasteiger partial charge < -0.3 is 5.32 Å². The summed E-state index contributed by atoms with van der Waals surface area (Å²) in [5.74, 6) is -0.380. The largest absolute Gasteiger partial charge is 0.325 e. The van der Waals surface area contributed by atoms with Crippen molar-refractivity contribution in [2.24, 2.45) is 0 Å². The number of pyridine rings is 1. The number of carbonyl (C=O) groups excluding carboxylic acids is 1. The van der Waals surface area contributed by atoms with E-state index in [2.05, 4.69) is 20.5 Å². The van der Waals surface area contributed by atoms with Crippen molar-refractivity contribution in [2.45, 2.75) is 19.8 Å². The highest BCUT2D eigenvalue weighted by Crippen LogP contribution is 2.17. The number of rotatable bonds is 4. The molecular weight excluding hydrogens is 283 g/mol. The van der Waals surface area contributed by atoms with Crippen LogP contribution in [0.5, 0.6) is 0 Å². The maximum Gasteiger partial charge on any atom is 0.224 e. The molecular formula is C16H15FN4O. The number of anilines is 1. The molecule has 0 saturated heterocycles. The van der Waals surface area contributed by atoms with Crippen molar-refractivity contribution < 1.29 is 9.18 Å². The van der Waals surface area contributed by atoms with Crippen LogP contribution in [0, 0.1) is 12.7 Å². The normalized spacial score (nSPS) is 10.8. The lowest BCUT2D eigenvalue weighted by Gasteiger charge is -2.05. The summed E-state index contributed by atoms with van der Waals surface area (Å²) in [5, 5.41) is 10.6. The molecule has 2 N–H and O–H groups in total. The summed E-state index contributed by atoms with van der Waals surface area (Å²) in [6.45, 7) is 1.90. The Hall–Kier alpha value is -2.76. The number of aryl methyl sites for hydroxylation is 2. The molecule has 0 spiro atoms. The zero-order chi connectivity index (χ0) is 15.5. The third-order valence-electron chi connectivity index (χ3n) is 3.44. The van der Waals surface area contributed by atoms with Gasteiger partial charge in [-0.25, -0.2) is 9.37 Å². The highest BCUT2D eigenvalue weighted by Gasteiger charge is 2.07. The summed E-state index contributed by atoms with van der Waals surface area (Å²) in [6, 6.07) is 8.01. The maximum atomic E-state index is 12.8. The second-order valence-electron chi connectivity index (χ2n) is 5.12. The Morgan fingerprint density at radius 1 is 1.32 bits per heavy atom. The van der Waals surface area contributed by atoms with Gasteiger partial charge in [-0.2, -0.15) is 5.10 Å². The number of H-pyrrole nitrogens is 1. The summed E-state index contributed by atoms with van der Waals surface area (Å²) in [4.78, 5) is 16.2. The van der Waals surface area contributed by atoms with Gasteiger partial charge in [0.1, 0.15) is 5.82 Å². The number of halogens is 1. The molecule has 0 atom stereocenters. The molecule has 0 saturated carbocycles. The number of fused-ring (bicyclic) bond motifs is 1. The third kappa shape index (κ3) is 3.11. The monoisotopic (exact) mass is 298 g/mol. The number of hydrogen-bond acceptors (Lipinski definition) is 3. The fourth-order valence-corrected chi connectivity index (χ4v) is 2.22. The molecule has 0 aliphatic rings. The standard InChI is InChI=1S/C16H15FN4O/c1-10-14-8-13(9-18-16(14)21-20-10)19-15(22)7-4-11-2-5-12(17)6-3-11/h2-3,5-6,8-9H,4,7H2,1H3,(H,19,22)(H,18,20,21). The Bertz CT molecular complexity index is 811. The number of nitrogens with zero attached hydrogens (tertiary/aromatic N) is 2. The number of aromatic amines is 1. The molecule has 0 radical (unpaired) electrons. The quantitative estimate of drug-likeness (QED) is 0.778. The van der Waals surface area contributed by atoms with E-state index < -0.39 is 0 Å². The SMILES string of the molecule is Cc1[nH]nc2ncc(NC(=O)CCc3ccc(F)cc3)cc12. The number of hydrogen-bond donors (Lipinski definition) is 2. The van der Waals surface area contributed by atoms with E-state index in [-0.39, 0.29) is 11.7 Å². The Kier molecular flexibility index (Phi) is 3.82. The molecule has 0 unspecified atom stereocenters. The van der Waals surface area contributed by atoms with Crippen LogP contribution in [0.15, 0.2) is 36.5 Å². The van der Waals surface area contributed by atoms with Crippen LogP contribution in [0.25, 0.3) is 11.0 Å². The average molecular weight is 298 g/mol. The maximum absolute atomic E-state index is 12.8. The summed E-state index contributed by atoms with van der Waals surface area (Å²) < 4.78 is 12.8. The smallest absolute Gasteiger partial charge is 0.224 e. The minimum absolute atomic E-state index is 0.105. The van der Waals surface area contributed by atoms with Gasteiger partial charge in [-0.15, -0.1) is 0 Å². The van der Waals surface area contributed by atoms with Crippen LogP contribution in [0.1, 0.15) is 17.7 Å². The minimum atomic E-state index is -0.275. The van der Waals surface area contributed by atoms with E-state index in [0.29, 0.717) is 24.2 Å². The second kappa shape index (κ2) is 5.93. The van der Waals surface area contributed by atoms with Crippen LogP contribution >= 0.6 is 0 Å². The molecule has 5 nitrogen and oxygen atoms in total. The van der Waals surface area contributed by atoms with E-state index in [1.54, 1.807) is 18.3 Å². The van der Waals surface area contributed by atoms with Crippen LogP contribution in [0.3, 0.4) is 0 Å². The Balaban J connectivity index is 1.62. The van der Waals surface area contributed by atoms with Crippen molar-refractivity contribution in [3.05, 3.63) is 53.6 Å². The number of benzene rings is 1. The molecule has 3 aromatic rings. The Morgan fingerprint density at radius 3 is 2.86 bits per heavy atom. The van der Waals surface area contributed by atoms with Crippen LogP contribution < -0.4 is 5.32 Å². The van der Waals surface area contributed by atoms with Gasteiger partial charge >= 0.3 is 0 Å². The first kappa shape index (κ1) is 14.2. The summed E-state index contributed by atoms with van der Waals surface area (Å²) in [6.07, 6.45) is 2.47. The van der Waals surface area contributed by atoms with E-state index in [1.807, 2.05) is 13.0 Å². The molecule has 2 heterocycles. The lowest BCUT2D eigenvalue weighted by atomic mass is 10.1. The summed E-state index contributed by atoms with van der Waals surface area (Å²) >= 11 is 0. The van der Waals surface area contributed by atoms with Gasteiger partial charge in [0.05, 0.1) is 11.9 Å². The molecule has 1 amide bonds. The zero-order valence-electron chi connectivity index (χ0n) is 12.1. The van der Waals surface area contributed by atoms with E-state index in [9.17, 15) is 9.18 Å². The minimum Gasteiger partial charge on any atom is -0.325 e. The van der Waals surface area contributed by atoms with Crippen molar-refractivity contribution in [1.29, 1.82) is 0 Å². The van der Waals surface area contributed by atoms with Gasteiger partial charge in [0.25, 0.3) is 0 Å². The molecule has 0 bridgehead atoms. The number of carbonyl (C=O) groups is 1. The summed E-state index contributed by atoms with van der Waals surface area (Å²) in [7, 11) is 0. The highest BCUT2D eigenvalue weighted by molar-refractivity contribution is 5.93. The van der Waals surface area contributed by atoms with Crippen molar-refractivity contribution in [3.8, 4) is 0 Å². The van der Waals surface area contributed by atoms with Gasteiger partial charge in [0, 0.05) is 17.5 Å². The Labute approximate surface area is 126 Å². The number of nitrogens with one attached hydrogen (secondary N) is 2. The molecule has 0 fully saturated rings. The van der Waals surface area contributed by atoms with Gasteiger partial charge in [0.2, 0.25) is 5.91 Å². The topological polar surface area (TPSA) is 70.7 Å². The van der Waals surface area contributed by atoms with Crippen molar-refractivity contribution in [1.82, 2.24) is 15.2 Å².